The van der Waals surface area contributed by atoms with E-state index in [2.05, 4.69) is 24.4 Å². The number of benzene rings is 1. The highest BCUT2D eigenvalue weighted by atomic mass is 16.7. The summed E-state index contributed by atoms with van der Waals surface area (Å²) in [4.78, 5) is 10.9. The number of anilines is 1. The Kier molecular flexibility index (Phi) is 5.05. The molecule has 2 rings (SSSR count). The summed E-state index contributed by atoms with van der Waals surface area (Å²) in [6.07, 6.45) is 3.74. The van der Waals surface area contributed by atoms with E-state index in [4.69, 9.17) is 9.68 Å². The van der Waals surface area contributed by atoms with Gasteiger partial charge in [-0.3, -0.25) is 10.3 Å². The predicted molar refractivity (Wildman–Crippen MR) is 76.9 cm³/mol. The van der Waals surface area contributed by atoms with E-state index >= 15 is 0 Å². The molecule has 0 saturated carbocycles. The minimum atomic E-state index is 0.519. The fraction of sp³-hybridized carbons (Fsp3) is 0.600. The maximum atomic E-state index is 6.03. The lowest BCUT2D eigenvalue weighted by Crippen LogP contribution is -2.44. The summed E-state index contributed by atoms with van der Waals surface area (Å²) in [6, 6.07) is 8.35. The Hall–Kier alpha value is -1.26. The summed E-state index contributed by atoms with van der Waals surface area (Å²) in [5, 5.41) is 2.15. The van der Waals surface area contributed by atoms with Gasteiger partial charge in [-0.15, -0.1) is 5.06 Å². The van der Waals surface area contributed by atoms with E-state index in [0.29, 0.717) is 12.0 Å². The average Bonchev–Trinajstić information content (AvgIpc) is 2.42. The molecule has 0 aliphatic carbocycles. The molecule has 1 heterocycles. The molecule has 0 aromatic heterocycles. The standard InChI is InChI=1S/C15H24N2O2/c1-12(2)15-6-4-5-11-17(15)19-14-9-7-13(8-10-14)16-18-3/h7-10,12,15-16H,4-6,11H2,1-3H3/t15-/m0/s1. The smallest absolute Gasteiger partial charge is 0.147 e. The number of hydroxylamine groups is 2. The summed E-state index contributed by atoms with van der Waals surface area (Å²) in [5.41, 5.74) is 3.72. The minimum Gasteiger partial charge on any atom is -0.406 e. The van der Waals surface area contributed by atoms with Crippen LogP contribution in [0.25, 0.3) is 0 Å². The molecular weight excluding hydrogens is 240 g/mol. The van der Waals surface area contributed by atoms with E-state index in [9.17, 15) is 0 Å². The van der Waals surface area contributed by atoms with Crippen LogP contribution in [0.4, 0.5) is 5.69 Å². The molecule has 0 radical (unpaired) electrons. The highest BCUT2D eigenvalue weighted by molar-refractivity contribution is 5.44. The fourth-order valence-corrected chi connectivity index (χ4v) is 2.55. The van der Waals surface area contributed by atoms with Crippen LogP contribution in [0.2, 0.25) is 0 Å². The topological polar surface area (TPSA) is 33.7 Å². The quantitative estimate of drug-likeness (QED) is 0.826. The van der Waals surface area contributed by atoms with Gasteiger partial charge in [0.05, 0.1) is 12.8 Å². The number of rotatable bonds is 5. The molecular formula is C15H24N2O2. The molecule has 1 aromatic rings. The Balaban J connectivity index is 1.98. The van der Waals surface area contributed by atoms with Crippen molar-refractivity contribution in [1.29, 1.82) is 0 Å². The molecule has 19 heavy (non-hydrogen) atoms. The predicted octanol–water partition coefficient (Wildman–Crippen LogP) is 3.46. The molecule has 0 bridgehead atoms. The molecule has 0 amide bonds. The molecule has 4 nitrogen and oxygen atoms in total. The average molecular weight is 264 g/mol. The van der Waals surface area contributed by atoms with E-state index in [1.807, 2.05) is 24.3 Å². The molecule has 1 saturated heterocycles. The SMILES string of the molecule is CONc1ccc(ON2CCCC[C@H]2C(C)C)cc1. The second-order valence-corrected chi connectivity index (χ2v) is 5.37. The van der Waals surface area contributed by atoms with Crippen molar-refractivity contribution in [3.63, 3.8) is 0 Å². The van der Waals surface area contributed by atoms with Gasteiger partial charge < -0.3 is 4.84 Å². The van der Waals surface area contributed by atoms with Crippen LogP contribution in [0, 0.1) is 5.92 Å². The maximum Gasteiger partial charge on any atom is 0.147 e. The van der Waals surface area contributed by atoms with Crippen molar-refractivity contribution in [3.8, 4) is 5.75 Å². The summed E-state index contributed by atoms with van der Waals surface area (Å²) in [5.74, 6) is 1.50. The molecule has 0 unspecified atom stereocenters. The number of nitrogens with one attached hydrogen (secondary N) is 1. The fourth-order valence-electron chi connectivity index (χ4n) is 2.55. The van der Waals surface area contributed by atoms with E-state index in [0.717, 1.165) is 18.0 Å². The largest absolute Gasteiger partial charge is 0.406 e. The summed E-state index contributed by atoms with van der Waals surface area (Å²) in [6.45, 7) is 5.54. The summed E-state index contributed by atoms with van der Waals surface area (Å²) < 4.78 is 0. The Labute approximate surface area is 115 Å². The molecule has 1 aliphatic rings. The lowest BCUT2D eigenvalue weighted by Gasteiger charge is -2.36. The summed E-state index contributed by atoms with van der Waals surface area (Å²) >= 11 is 0. The molecule has 1 N–H and O–H groups in total. The zero-order chi connectivity index (χ0) is 13.7. The first kappa shape index (κ1) is 14.2. The van der Waals surface area contributed by atoms with Crippen LogP contribution in [0.5, 0.6) is 5.75 Å². The zero-order valence-corrected chi connectivity index (χ0v) is 12.1. The van der Waals surface area contributed by atoms with Crippen LogP contribution in [-0.2, 0) is 4.84 Å². The zero-order valence-electron chi connectivity index (χ0n) is 12.1. The number of piperidine rings is 1. The van der Waals surface area contributed by atoms with E-state index in [1.54, 1.807) is 7.11 Å². The molecule has 106 valence electrons. The van der Waals surface area contributed by atoms with Crippen LogP contribution in [-0.4, -0.2) is 24.8 Å². The minimum absolute atomic E-state index is 0.519. The normalized spacial score (nSPS) is 20.5. The van der Waals surface area contributed by atoms with Gasteiger partial charge in [-0.25, -0.2) is 0 Å². The highest BCUT2D eigenvalue weighted by Crippen LogP contribution is 2.25. The van der Waals surface area contributed by atoms with Crippen molar-refractivity contribution in [3.05, 3.63) is 24.3 Å². The second kappa shape index (κ2) is 6.78. The molecule has 4 heteroatoms. The highest BCUT2D eigenvalue weighted by Gasteiger charge is 2.26. The van der Waals surface area contributed by atoms with Gasteiger partial charge in [0.15, 0.2) is 0 Å². The monoisotopic (exact) mass is 264 g/mol. The van der Waals surface area contributed by atoms with Gasteiger partial charge in [0.25, 0.3) is 0 Å². The first-order valence-electron chi connectivity index (χ1n) is 7.04. The van der Waals surface area contributed by atoms with Gasteiger partial charge in [0, 0.05) is 12.6 Å². The van der Waals surface area contributed by atoms with Crippen molar-refractivity contribution in [2.75, 3.05) is 19.1 Å². The van der Waals surface area contributed by atoms with E-state index < -0.39 is 0 Å². The van der Waals surface area contributed by atoms with Crippen LogP contribution in [0.1, 0.15) is 33.1 Å². The Morgan fingerprint density at radius 3 is 2.58 bits per heavy atom. The first-order chi connectivity index (χ1) is 9.20. The van der Waals surface area contributed by atoms with Crippen LogP contribution in [0.15, 0.2) is 24.3 Å². The third-order valence-corrected chi connectivity index (χ3v) is 3.56. The maximum absolute atomic E-state index is 6.03. The van der Waals surface area contributed by atoms with Gasteiger partial charge >= 0.3 is 0 Å². The summed E-state index contributed by atoms with van der Waals surface area (Å²) in [7, 11) is 1.60. The number of hydrogen-bond acceptors (Lipinski definition) is 4. The van der Waals surface area contributed by atoms with Crippen LogP contribution in [0.3, 0.4) is 0 Å². The second-order valence-electron chi connectivity index (χ2n) is 5.37. The lowest BCUT2D eigenvalue weighted by molar-refractivity contribution is -0.125. The van der Waals surface area contributed by atoms with Crippen molar-refractivity contribution in [2.45, 2.75) is 39.2 Å². The third-order valence-electron chi connectivity index (χ3n) is 3.56. The van der Waals surface area contributed by atoms with Gasteiger partial charge in [0.2, 0.25) is 0 Å². The van der Waals surface area contributed by atoms with Crippen LogP contribution >= 0.6 is 0 Å². The van der Waals surface area contributed by atoms with Crippen LogP contribution < -0.4 is 10.3 Å². The van der Waals surface area contributed by atoms with Crippen molar-refractivity contribution in [2.24, 2.45) is 5.92 Å². The Morgan fingerprint density at radius 2 is 1.95 bits per heavy atom. The Morgan fingerprint density at radius 1 is 1.21 bits per heavy atom. The van der Waals surface area contributed by atoms with Crippen molar-refractivity contribution < 1.29 is 9.68 Å². The van der Waals surface area contributed by atoms with Gasteiger partial charge in [-0.2, -0.15) is 0 Å². The number of nitrogens with zero attached hydrogens (tertiary/aromatic N) is 1. The van der Waals surface area contributed by atoms with Crippen molar-refractivity contribution in [1.82, 2.24) is 5.06 Å². The lowest BCUT2D eigenvalue weighted by atomic mass is 9.95. The third kappa shape index (κ3) is 3.85. The molecule has 0 spiro atoms. The number of hydrogen-bond donors (Lipinski definition) is 1. The van der Waals surface area contributed by atoms with Crippen molar-refractivity contribution >= 4 is 5.69 Å². The molecule has 1 aliphatic heterocycles. The van der Waals surface area contributed by atoms with Gasteiger partial charge in [0.1, 0.15) is 5.75 Å². The Bertz CT molecular complexity index is 378. The van der Waals surface area contributed by atoms with Gasteiger partial charge in [-0.1, -0.05) is 20.3 Å². The molecule has 1 fully saturated rings. The first-order valence-corrected chi connectivity index (χ1v) is 7.04. The van der Waals surface area contributed by atoms with E-state index in [-0.39, 0.29) is 0 Å². The van der Waals surface area contributed by atoms with Gasteiger partial charge in [-0.05, 0) is 43.0 Å². The van der Waals surface area contributed by atoms with E-state index in [1.165, 1.54) is 19.3 Å². The molecule has 1 aromatic carbocycles. The molecule has 1 atom stereocenters.